The molecule has 3 aromatic rings. The fourth-order valence-corrected chi connectivity index (χ4v) is 5.46. The molecule has 2 heterocycles. The topological polar surface area (TPSA) is 21.1 Å². The summed E-state index contributed by atoms with van der Waals surface area (Å²) in [6.45, 7) is 2.74. The van der Waals surface area contributed by atoms with Crippen molar-refractivity contribution in [3.05, 3.63) is 90.7 Å². The highest BCUT2D eigenvalue weighted by molar-refractivity contribution is 8.19. The number of nitrogens with zero attached hydrogens (tertiary/aromatic N) is 3. The molecule has 0 spiro atoms. The molecule has 26 heavy (non-hydrogen) atoms. The Balaban J connectivity index is 0.00000196. The van der Waals surface area contributed by atoms with Gasteiger partial charge < -0.3 is 4.57 Å². The van der Waals surface area contributed by atoms with Crippen molar-refractivity contribution in [3.8, 4) is 0 Å². The second-order valence-electron chi connectivity index (χ2n) is 5.85. The van der Waals surface area contributed by atoms with Crippen molar-refractivity contribution in [1.29, 1.82) is 0 Å². The van der Waals surface area contributed by atoms with Gasteiger partial charge in [0.25, 0.3) is 0 Å². The highest BCUT2D eigenvalue weighted by Gasteiger charge is 2.25. The number of allylic oxidation sites excluding steroid dienone is 2. The Morgan fingerprint density at radius 3 is 2.27 bits per heavy atom. The number of aryl methyl sites for hydroxylation is 1. The standard InChI is InChI=1S/C20H18ClN3S.ClH/c1-16-13-23(15-22-16)14-18-12-20(21)25(19-10-6-3-7-11-19)24(18)17-8-4-2-5-9-17;/h2-13,15H,14H2,1H3;1H. The lowest BCUT2D eigenvalue weighted by atomic mass is 10.3. The van der Waals surface area contributed by atoms with E-state index in [9.17, 15) is 0 Å². The molecule has 0 fully saturated rings. The van der Waals surface area contributed by atoms with E-state index < -0.39 is 0 Å². The summed E-state index contributed by atoms with van der Waals surface area (Å²) >= 11 is 6.71. The first-order valence-electron chi connectivity index (χ1n) is 8.08. The number of rotatable bonds is 4. The number of hydrogen-bond donors (Lipinski definition) is 0. The number of benzene rings is 2. The van der Waals surface area contributed by atoms with Gasteiger partial charge in [-0.2, -0.15) is 0 Å². The first-order chi connectivity index (χ1) is 12.2. The van der Waals surface area contributed by atoms with Crippen LogP contribution in [-0.4, -0.2) is 13.9 Å². The van der Waals surface area contributed by atoms with Crippen molar-refractivity contribution >= 4 is 44.7 Å². The van der Waals surface area contributed by atoms with Gasteiger partial charge in [0.15, 0.2) is 0 Å². The average molecular weight is 404 g/mol. The van der Waals surface area contributed by atoms with Gasteiger partial charge >= 0.3 is 0 Å². The summed E-state index contributed by atoms with van der Waals surface area (Å²) in [7, 11) is -0.332. The van der Waals surface area contributed by atoms with Crippen LogP contribution in [0.1, 0.15) is 5.69 Å². The van der Waals surface area contributed by atoms with Crippen molar-refractivity contribution in [3.63, 3.8) is 0 Å². The molecule has 4 rings (SSSR count). The molecule has 1 aliphatic rings. The SMILES string of the molecule is Cc1cn(CC2=CC(Cl)=S(c3ccccc3)N2c2ccccc2)cn1.Cl. The first kappa shape index (κ1) is 18.8. The van der Waals surface area contributed by atoms with Gasteiger partial charge in [0.1, 0.15) is 0 Å². The molecule has 0 saturated carbocycles. The number of halogens is 2. The zero-order valence-corrected chi connectivity index (χ0v) is 16.6. The Labute approximate surface area is 167 Å². The first-order valence-corrected chi connectivity index (χ1v) is 9.64. The predicted molar refractivity (Wildman–Crippen MR) is 114 cm³/mol. The molecule has 1 aliphatic heterocycles. The van der Waals surface area contributed by atoms with Crippen molar-refractivity contribution in [1.82, 2.24) is 9.55 Å². The van der Waals surface area contributed by atoms with Crippen molar-refractivity contribution in [2.75, 3.05) is 4.31 Å². The quantitative estimate of drug-likeness (QED) is 0.415. The van der Waals surface area contributed by atoms with Crippen molar-refractivity contribution in [2.24, 2.45) is 0 Å². The molecular formula is C20H19Cl2N3S. The fourth-order valence-electron chi connectivity index (χ4n) is 2.91. The number of imidazole rings is 1. The Bertz CT molecular complexity index is 949. The minimum Gasteiger partial charge on any atom is -0.331 e. The summed E-state index contributed by atoms with van der Waals surface area (Å²) in [6.07, 6.45) is 6.02. The Morgan fingerprint density at radius 2 is 1.65 bits per heavy atom. The van der Waals surface area contributed by atoms with Crippen LogP contribution < -0.4 is 4.31 Å². The summed E-state index contributed by atoms with van der Waals surface area (Å²) in [6, 6.07) is 20.9. The molecule has 1 atom stereocenters. The third kappa shape index (κ3) is 3.73. The molecule has 0 amide bonds. The van der Waals surface area contributed by atoms with Crippen LogP contribution in [0.5, 0.6) is 0 Å². The lowest BCUT2D eigenvalue weighted by molar-refractivity contribution is 0.776. The normalized spacial score (nSPS) is 16.4. The van der Waals surface area contributed by atoms with E-state index in [1.54, 1.807) is 0 Å². The monoisotopic (exact) mass is 403 g/mol. The maximum Gasteiger partial charge on any atom is 0.0952 e. The maximum absolute atomic E-state index is 6.71. The van der Waals surface area contributed by atoms with Crippen LogP contribution in [0, 0.1) is 6.92 Å². The Hall–Kier alpha value is -2.01. The van der Waals surface area contributed by atoms with E-state index in [1.165, 1.54) is 10.6 Å². The highest BCUT2D eigenvalue weighted by Crippen LogP contribution is 2.44. The van der Waals surface area contributed by atoms with Crippen LogP contribution in [-0.2, 0) is 6.54 Å². The van der Waals surface area contributed by atoms with Crippen LogP contribution >= 0.6 is 34.7 Å². The van der Waals surface area contributed by atoms with Gasteiger partial charge in [0, 0.05) is 11.1 Å². The van der Waals surface area contributed by atoms with E-state index in [0.29, 0.717) is 0 Å². The maximum atomic E-state index is 6.71. The second-order valence-corrected chi connectivity index (χ2v) is 8.33. The van der Waals surface area contributed by atoms with Gasteiger partial charge in [-0.1, -0.05) is 48.0 Å². The van der Waals surface area contributed by atoms with E-state index in [-0.39, 0.29) is 23.1 Å². The van der Waals surface area contributed by atoms with E-state index in [4.69, 9.17) is 11.6 Å². The third-order valence-electron chi connectivity index (χ3n) is 3.97. The van der Waals surface area contributed by atoms with Gasteiger partial charge in [0.05, 0.1) is 34.3 Å². The van der Waals surface area contributed by atoms with Crippen LogP contribution in [0.2, 0.25) is 0 Å². The molecule has 0 aliphatic carbocycles. The van der Waals surface area contributed by atoms with Crippen molar-refractivity contribution in [2.45, 2.75) is 18.4 Å². The third-order valence-corrected chi connectivity index (χ3v) is 6.54. The van der Waals surface area contributed by atoms with E-state index in [0.717, 1.165) is 22.2 Å². The lowest BCUT2D eigenvalue weighted by Gasteiger charge is -2.27. The molecular weight excluding hydrogens is 385 g/mol. The second kappa shape index (κ2) is 8.12. The van der Waals surface area contributed by atoms with Crippen LogP contribution in [0.25, 0.3) is 0 Å². The molecule has 1 unspecified atom stereocenters. The van der Waals surface area contributed by atoms with Crippen molar-refractivity contribution < 1.29 is 0 Å². The van der Waals surface area contributed by atoms with E-state index >= 15 is 0 Å². The van der Waals surface area contributed by atoms with Gasteiger partial charge in [-0.05, 0) is 47.9 Å². The minimum atomic E-state index is -0.332. The predicted octanol–water partition coefficient (Wildman–Crippen LogP) is 5.63. The highest BCUT2D eigenvalue weighted by atomic mass is 35.5. The molecule has 6 heteroatoms. The average Bonchev–Trinajstić information content (AvgIpc) is 3.19. The summed E-state index contributed by atoms with van der Waals surface area (Å²) < 4.78 is 5.30. The van der Waals surface area contributed by atoms with Crippen LogP contribution in [0.3, 0.4) is 0 Å². The Morgan fingerprint density at radius 1 is 1.00 bits per heavy atom. The Kier molecular flexibility index (Phi) is 5.87. The lowest BCUT2D eigenvalue weighted by Crippen LogP contribution is -2.17. The molecule has 3 nitrogen and oxygen atoms in total. The molecule has 134 valence electrons. The molecule has 0 N–H and O–H groups in total. The fraction of sp³-hybridized carbons (Fsp3) is 0.100. The van der Waals surface area contributed by atoms with Gasteiger partial charge in [-0.25, -0.2) is 4.98 Å². The van der Waals surface area contributed by atoms with E-state index in [2.05, 4.69) is 74.7 Å². The summed E-state index contributed by atoms with van der Waals surface area (Å²) in [5.41, 5.74) is 3.33. The summed E-state index contributed by atoms with van der Waals surface area (Å²) in [5, 5.41) is 0. The molecule has 0 radical (unpaired) electrons. The smallest absolute Gasteiger partial charge is 0.0952 e. The zero-order chi connectivity index (χ0) is 17.2. The number of aromatic nitrogens is 2. The van der Waals surface area contributed by atoms with Crippen LogP contribution in [0.15, 0.2) is 89.9 Å². The minimum absolute atomic E-state index is 0. The summed E-state index contributed by atoms with van der Waals surface area (Å²) in [4.78, 5) is 5.54. The molecule has 1 aromatic heterocycles. The summed E-state index contributed by atoms with van der Waals surface area (Å²) in [5.74, 6) is 0. The molecule has 0 bridgehead atoms. The number of para-hydroxylation sites is 1. The largest absolute Gasteiger partial charge is 0.331 e. The number of anilines is 1. The van der Waals surface area contributed by atoms with Gasteiger partial charge in [-0.15, -0.1) is 12.4 Å². The van der Waals surface area contributed by atoms with E-state index in [1.807, 2.05) is 25.4 Å². The van der Waals surface area contributed by atoms with Crippen LogP contribution in [0.4, 0.5) is 5.69 Å². The van der Waals surface area contributed by atoms with Gasteiger partial charge in [0.2, 0.25) is 0 Å². The van der Waals surface area contributed by atoms with Gasteiger partial charge in [-0.3, -0.25) is 4.31 Å². The molecule has 2 aromatic carbocycles. The number of hydrogen-bond acceptors (Lipinski definition) is 2. The zero-order valence-electron chi connectivity index (χ0n) is 14.2. The molecule has 0 saturated heterocycles.